The smallest absolute Gasteiger partial charge is 0.0938 e. The molecule has 24 heavy (non-hydrogen) atoms. The highest BCUT2D eigenvalue weighted by molar-refractivity contribution is 5.67. The van der Waals surface area contributed by atoms with Crippen LogP contribution in [0.25, 0.3) is 11.4 Å². The summed E-state index contributed by atoms with van der Waals surface area (Å²) in [6.45, 7) is 5.77. The van der Waals surface area contributed by atoms with Crippen molar-refractivity contribution < 1.29 is 0 Å². The molecule has 0 saturated carbocycles. The van der Waals surface area contributed by atoms with E-state index in [9.17, 15) is 0 Å². The van der Waals surface area contributed by atoms with Crippen molar-refractivity contribution in [2.24, 2.45) is 0 Å². The second-order valence-electron chi connectivity index (χ2n) is 6.25. The summed E-state index contributed by atoms with van der Waals surface area (Å²) in [6.07, 6.45) is 3.71. The van der Waals surface area contributed by atoms with Gasteiger partial charge < -0.3 is 21.3 Å². The van der Waals surface area contributed by atoms with Crippen LogP contribution in [-0.4, -0.2) is 49.2 Å². The minimum Gasteiger partial charge on any atom is -0.314 e. The Kier molecular flexibility index (Phi) is 4.80. The summed E-state index contributed by atoms with van der Waals surface area (Å²) < 4.78 is 0. The second-order valence-corrected chi connectivity index (χ2v) is 6.25. The van der Waals surface area contributed by atoms with Gasteiger partial charge in [0.1, 0.15) is 0 Å². The van der Waals surface area contributed by atoms with E-state index in [1.54, 1.807) is 0 Å². The highest BCUT2D eigenvalue weighted by Gasteiger charge is 2.34. The Morgan fingerprint density at radius 3 is 1.62 bits per heavy atom. The van der Waals surface area contributed by atoms with Crippen molar-refractivity contribution >= 4 is 0 Å². The second kappa shape index (κ2) is 7.36. The van der Waals surface area contributed by atoms with Crippen LogP contribution in [0, 0.1) is 0 Å². The number of fused-ring (bicyclic) bond motifs is 6. The minimum atomic E-state index is 0.201. The maximum atomic E-state index is 4.62. The summed E-state index contributed by atoms with van der Waals surface area (Å²) in [5.74, 6) is 0. The van der Waals surface area contributed by atoms with Crippen LogP contribution in [0.1, 0.15) is 23.2 Å². The Morgan fingerprint density at radius 2 is 1.12 bits per heavy atom. The van der Waals surface area contributed by atoms with E-state index in [0.29, 0.717) is 0 Å². The number of pyridine rings is 2. The third-order valence-electron chi connectivity index (χ3n) is 4.72. The SMILES string of the molecule is c1cnc2c(c1)[C@H]1NCCNCCNCCN[C@@H]1c1cccnc1-2. The van der Waals surface area contributed by atoms with Crippen molar-refractivity contribution in [3.63, 3.8) is 0 Å². The molecule has 2 aromatic heterocycles. The molecule has 1 saturated heterocycles. The molecule has 1 aliphatic carbocycles. The molecule has 1 aliphatic heterocycles. The maximum Gasteiger partial charge on any atom is 0.0938 e. The Balaban J connectivity index is 1.72. The van der Waals surface area contributed by atoms with E-state index < -0.39 is 0 Å². The van der Waals surface area contributed by atoms with Gasteiger partial charge in [-0.25, -0.2) is 0 Å². The number of nitrogens with one attached hydrogen (secondary N) is 4. The van der Waals surface area contributed by atoms with Gasteiger partial charge in [-0.3, -0.25) is 9.97 Å². The van der Waals surface area contributed by atoms with Crippen molar-refractivity contribution in [3.05, 3.63) is 47.8 Å². The van der Waals surface area contributed by atoms with Crippen molar-refractivity contribution in [3.8, 4) is 11.4 Å². The zero-order valence-corrected chi connectivity index (χ0v) is 13.8. The zero-order valence-electron chi connectivity index (χ0n) is 13.8. The van der Waals surface area contributed by atoms with Gasteiger partial charge in [0.15, 0.2) is 0 Å². The lowest BCUT2D eigenvalue weighted by Gasteiger charge is -2.36. The summed E-state index contributed by atoms with van der Waals surface area (Å²) in [5, 5.41) is 14.4. The van der Waals surface area contributed by atoms with Crippen LogP contribution in [0.5, 0.6) is 0 Å². The third-order valence-corrected chi connectivity index (χ3v) is 4.72. The molecule has 1 fully saturated rings. The van der Waals surface area contributed by atoms with Gasteiger partial charge in [-0.1, -0.05) is 12.1 Å². The number of nitrogens with zero attached hydrogens (tertiary/aromatic N) is 2. The highest BCUT2D eigenvalue weighted by Crippen LogP contribution is 2.42. The Bertz CT molecular complexity index is 629. The van der Waals surface area contributed by atoms with Crippen molar-refractivity contribution in [1.82, 2.24) is 31.2 Å². The lowest BCUT2D eigenvalue weighted by Crippen LogP contribution is -2.44. The van der Waals surface area contributed by atoms with Gasteiger partial charge in [0.2, 0.25) is 0 Å². The van der Waals surface area contributed by atoms with E-state index in [1.165, 1.54) is 11.1 Å². The van der Waals surface area contributed by atoms with Crippen molar-refractivity contribution in [2.45, 2.75) is 12.1 Å². The fraction of sp³-hybridized carbons (Fsp3) is 0.444. The molecule has 2 atom stereocenters. The standard InChI is InChI=1S/C18H24N6/c1-3-13-15(21-5-1)16-14(4-2-6-22-16)18-17(13)23-11-9-19-7-8-20-10-12-24-18/h1-6,17-20,23-24H,7-12H2/t17-,18-/m1/s1. The first kappa shape index (κ1) is 15.7. The van der Waals surface area contributed by atoms with Crippen molar-refractivity contribution in [1.29, 1.82) is 0 Å². The highest BCUT2D eigenvalue weighted by atomic mass is 15.1. The molecule has 2 aromatic rings. The Morgan fingerprint density at radius 1 is 0.667 bits per heavy atom. The molecule has 2 aliphatic rings. The molecule has 0 spiro atoms. The predicted octanol–water partition coefficient (Wildman–Crippen LogP) is 0.611. The molecule has 6 nitrogen and oxygen atoms in total. The summed E-state index contributed by atoms with van der Waals surface area (Å²) in [7, 11) is 0. The monoisotopic (exact) mass is 324 g/mol. The molecule has 0 bridgehead atoms. The van der Waals surface area contributed by atoms with E-state index in [2.05, 4.69) is 43.4 Å². The lowest BCUT2D eigenvalue weighted by atomic mass is 9.84. The van der Waals surface area contributed by atoms with Gasteiger partial charge in [0.25, 0.3) is 0 Å². The molecule has 0 aromatic carbocycles. The Hall–Kier alpha value is -1.86. The van der Waals surface area contributed by atoms with E-state index in [4.69, 9.17) is 0 Å². The number of rotatable bonds is 0. The van der Waals surface area contributed by atoms with Gasteiger partial charge in [0.05, 0.1) is 23.5 Å². The molecule has 6 heteroatoms. The third kappa shape index (κ3) is 3.06. The summed E-state index contributed by atoms with van der Waals surface area (Å²) in [6, 6.07) is 8.77. The topological polar surface area (TPSA) is 73.9 Å². The average Bonchev–Trinajstić information content (AvgIpc) is 2.62. The average molecular weight is 324 g/mol. The quantitative estimate of drug-likeness (QED) is 0.569. The van der Waals surface area contributed by atoms with Crippen LogP contribution < -0.4 is 21.3 Å². The maximum absolute atomic E-state index is 4.62. The molecule has 126 valence electrons. The number of aromatic nitrogens is 2. The van der Waals surface area contributed by atoms with E-state index in [0.717, 1.165) is 50.7 Å². The predicted molar refractivity (Wildman–Crippen MR) is 94.7 cm³/mol. The van der Waals surface area contributed by atoms with E-state index in [1.807, 2.05) is 24.5 Å². The van der Waals surface area contributed by atoms with Crippen LogP contribution >= 0.6 is 0 Å². The zero-order chi connectivity index (χ0) is 16.2. The number of hydrogen-bond donors (Lipinski definition) is 4. The minimum absolute atomic E-state index is 0.201. The van der Waals surface area contributed by atoms with Gasteiger partial charge in [-0.15, -0.1) is 0 Å². The van der Waals surface area contributed by atoms with Crippen LogP contribution in [0.3, 0.4) is 0 Å². The van der Waals surface area contributed by atoms with Crippen LogP contribution in [-0.2, 0) is 0 Å². The van der Waals surface area contributed by atoms with Gasteiger partial charge >= 0.3 is 0 Å². The molecule has 0 radical (unpaired) electrons. The first-order valence-corrected chi connectivity index (χ1v) is 8.73. The molecular formula is C18H24N6. The fourth-order valence-corrected chi connectivity index (χ4v) is 3.61. The van der Waals surface area contributed by atoms with E-state index >= 15 is 0 Å². The summed E-state index contributed by atoms with van der Waals surface area (Å²) in [4.78, 5) is 9.25. The van der Waals surface area contributed by atoms with Crippen LogP contribution in [0.4, 0.5) is 0 Å². The largest absolute Gasteiger partial charge is 0.314 e. The fourth-order valence-electron chi connectivity index (χ4n) is 3.61. The normalized spacial score (nSPS) is 24.7. The number of hydrogen-bond acceptors (Lipinski definition) is 6. The van der Waals surface area contributed by atoms with Gasteiger partial charge in [0, 0.05) is 51.7 Å². The van der Waals surface area contributed by atoms with Crippen LogP contribution in [0.15, 0.2) is 36.7 Å². The molecule has 3 heterocycles. The van der Waals surface area contributed by atoms with Gasteiger partial charge in [-0.2, -0.15) is 0 Å². The molecule has 0 unspecified atom stereocenters. The lowest BCUT2D eigenvalue weighted by molar-refractivity contribution is 0.371. The molecule has 0 amide bonds. The summed E-state index contributed by atoms with van der Waals surface area (Å²) in [5.41, 5.74) is 4.46. The van der Waals surface area contributed by atoms with Gasteiger partial charge in [-0.05, 0) is 23.3 Å². The van der Waals surface area contributed by atoms with E-state index in [-0.39, 0.29) is 12.1 Å². The first-order valence-electron chi connectivity index (χ1n) is 8.73. The van der Waals surface area contributed by atoms with Crippen LogP contribution in [0.2, 0.25) is 0 Å². The summed E-state index contributed by atoms with van der Waals surface area (Å²) >= 11 is 0. The molecular weight excluding hydrogens is 300 g/mol. The van der Waals surface area contributed by atoms with Crippen molar-refractivity contribution in [2.75, 3.05) is 39.3 Å². The molecule has 4 N–H and O–H groups in total. The first-order chi connectivity index (χ1) is 11.9. The molecule has 4 rings (SSSR count). The Labute approximate surface area is 142 Å².